The van der Waals surface area contributed by atoms with E-state index in [1.807, 2.05) is 0 Å². The number of hydrogen-bond acceptors (Lipinski definition) is 2. The van der Waals surface area contributed by atoms with Gasteiger partial charge in [-0.2, -0.15) is 5.26 Å². The lowest BCUT2D eigenvalue weighted by molar-refractivity contribution is 0.422. The standard InChI is InChI=1S/C14H17BrN2/c1-11-4-5-13(9-14(11)15)17-8-2-3-12(10-17)6-7-16/h4-5,9,12H,2-3,6,8,10H2,1H3. The molecule has 1 aliphatic rings. The first-order valence-corrected chi connectivity index (χ1v) is 6.88. The summed E-state index contributed by atoms with van der Waals surface area (Å²) in [5.74, 6) is 0.536. The van der Waals surface area contributed by atoms with Crippen molar-refractivity contribution in [1.29, 1.82) is 5.26 Å². The number of rotatable bonds is 2. The van der Waals surface area contributed by atoms with Crippen LogP contribution in [0.5, 0.6) is 0 Å². The molecule has 17 heavy (non-hydrogen) atoms. The molecule has 0 aliphatic carbocycles. The molecule has 90 valence electrons. The molecule has 1 aliphatic heterocycles. The van der Waals surface area contributed by atoms with Crippen molar-refractivity contribution in [1.82, 2.24) is 0 Å². The van der Waals surface area contributed by atoms with Gasteiger partial charge in [0.25, 0.3) is 0 Å². The largest absolute Gasteiger partial charge is 0.371 e. The zero-order valence-corrected chi connectivity index (χ0v) is 11.7. The van der Waals surface area contributed by atoms with Gasteiger partial charge in [-0.15, -0.1) is 0 Å². The highest BCUT2D eigenvalue weighted by molar-refractivity contribution is 9.10. The highest BCUT2D eigenvalue weighted by Crippen LogP contribution is 2.28. The number of hydrogen-bond donors (Lipinski definition) is 0. The number of nitriles is 1. The molecular weight excluding hydrogens is 276 g/mol. The van der Waals surface area contributed by atoms with E-state index in [4.69, 9.17) is 5.26 Å². The van der Waals surface area contributed by atoms with Gasteiger partial charge >= 0.3 is 0 Å². The molecule has 0 radical (unpaired) electrons. The molecule has 1 heterocycles. The lowest BCUT2D eigenvalue weighted by atomic mass is 9.95. The molecule has 0 spiro atoms. The smallest absolute Gasteiger partial charge is 0.0625 e. The molecule has 0 N–H and O–H groups in total. The van der Waals surface area contributed by atoms with Crippen LogP contribution in [0, 0.1) is 24.2 Å². The van der Waals surface area contributed by atoms with E-state index < -0.39 is 0 Å². The maximum Gasteiger partial charge on any atom is 0.0625 e. The Morgan fingerprint density at radius 1 is 1.53 bits per heavy atom. The summed E-state index contributed by atoms with van der Waals surface area (Å²) in [6.45, 7) is 4.23. The first-order chi connectivity index (χ1) is 8.20. The average molecular weight is 293 g/mol. The molecule has 0 amide bonds. The van der Waals surface area contributed by atoms with Gasteiger partial charge in [-0.3, -0.25) is 0 Å². The Hall–Kier alpha value is -1.01. The van der Waals surface area contributed by atoms with E-state index in [9.17, 15) is 0 Å². The van der Waals surface area contributed by atoms with Gasteiger partial charge in [0.05, 0.1) is 6.07 Å². The molecule has 1 aromatic rings. The van der Waals surface area contributed by atoms with Crippen molar-refractivity contribution in [3.63, 3.8) is 0 Å². The first kappa shape index (κ1) is 12.4. The van der Waals surface area contributed by atoms with Crippen LogP contribution in [0.3, 0.4) is 0 Å². The van der Waals surface area contributed by atoms with Crippen LogP contribution in [0.15, 0.2) is 22.7 Å². The van der Waals surface area contributed by atoms with Gasteiger partial charge in [0.1, 0.15) is 0 Å². The van der Waals surface area contributed by atoms with E-state index >= 15 is 0 Å². The van der Waals surface area contributed by atoms with Crippen LogP contribution in [0.1, 0.15) is 24.8 Å². The SMILES string of the molecule is Cc1ccc(N2CCCC(CC#N)C2)cc1Br. The maximum absolute atomic E-state index is 8.78. The van der Waals surface area contributed by atoms with Crippen molar-refractivity contribution in [3.05, 3.63) is 28.2 Å². The fourth-order valence-electron chi connectivity index (χ4n) is 2.37. The lowest BCUT2D eigenvalue weighted by Gasteiger charge is -2.33. The Labute approximate surface area is 111 Å². The fourth-order valence-corrected chi connectivity index (χ4v) is 2.74. The number of benzene rings is 1. The predicted octanol–water partition coefficient (Wildman–Crippen LogP) is 3.89. The van der Waals surface area contributed by atoms with Crippen molar-refractivity contribution in [3.8, 4) is 6.07 Å². The Morgan fingerprint density at radius 3 is 3.06 bits per heavy atom. The van der Waals surface area contributed by atoms with Crippen LogP contribution in [-0.2, 0) is 0 Å². The molecule has 2 nitrogen and oxygen atoms in total. The van der Waals surface area contributed by atoms with Crippen LogP contribution in [0.2, 0.25) is 0 Å². The summed E-state index contributed by atoms with van der Waals surface area (Å²) >= 11 is 3.58. The summed E-state index contributed by atoms with van der Waals surface area (Å²) in [7, 11) is 0. The molecule has 1 fully saturated rings. The highest BCUT2D eigenvalue weighted by atomic mass is 79.9. The molecule has 1 aromatic carbocycles. The van der Waals surface area contributed by atoms with Crippen molar-refractivity contribution < 1.29 is 0 Å². The van der Waals surface area contributed by atoms with Crippen LogP contribution in [0.25, 0.3) is 0 Å². The van der Waals surface area contributed by atoms with Crippen molar-refractivity contribution in [2.24, 2.45) is 5.92 Å². The monoisotopic (exact) mass is 292 g/mol. The summed E-state index contributed by atoms with van der Waals surface area (Å²) in [5, 5.41) is 8.78. The predicted molar refractivity (Wildman–Crippen MR) is 74.0 cm³/mol. The topological polar surface area (TPSA) is 27.0 Å². The van der Waals surface area contributed by atoms with Gasteiger partial charge in [0, 0.05) is 29.7 Å². The van der Waals surface area contributed by atoms with Crippen molar-refractivity contribution in [2.45, 2.75) is 26.2 Å². The number of piperidine rings is 1. The Morgan fingerprint density at radius 2 is 2.35 bits per heavy atom. The zero-order chi connectivity index (χ0) is 12.3. The van der Waals surface area contributed by atoms with E-state index in [1.165, 1.54) is 24.1 Å². The minimum Gasteiger partial charge on any atom is -0.371 e. The molecule has 2 rings (SSSR count). The summed E-state index contributed by atoms with van der Waals surface area (Å²) in [6.07, 6.45) is 3.07. The average Bonchev–Trinajstić information content (AvgIpc) is 2.33. The molecule has 1 atom stereocenters. The van der Waals surface area contributed by atoms with Gasteiger partial charge in [-0.05, 0) is 43.4 Å². The third-order valence-corrected chi connectivity index (χ3v) is 4.27. The molecule has 0 aromatic heterocycles. The Balaban J connectivity index is 2.11. The third kappa shape index (κ3) is 3.01. The summed E-state index contributed by atoms with van der Waals surface area (Å²) in [4.78, 5) is 2.40. The first-order valence-electron chi connectivity index (χ1n) is 6.08. The number of anilines is 1. The van der Waals surface area contributed by atoms with Gasteiger partial charge in [0.15, 0.2) is 0 Å². The van der Waals surface area contributed by atoms with E-state index in [2.05, 4.69) is 52.0 Å². The molecule has 0 bridgehead atoms. The quantitative estimate of drug-likeness (QED) is 0.827. The third-order valence-electron chi connectivity index (χ3n) is 3.42. The molecule has 1 unspecified atom stereocenters. The van der Waals surface area contributed by atoms with Crippen LogP contribution in [0.4, 0.5) is 5.69 Å². The summed E-state index contributed by atoms with van der Waals surface area (Å²) in [6, 6.07) is 8.80. The second kappa shape index (κ2) is 5.55. The van der Waals surface area contributed by atoms with Gasteiger partial charge in [-0.25, -0.2) is 0 Å². The zero-order valence-electron chi connectivity index (χ0n) is 10.1. The van der Waals surface area contributed by atoms with Crippen LogP contribution < -0.4 is 4.90 Å². The number of halogens is 1. The number of aryl methyl sites for hydroxylation is 1. The van der Waals surface area contributed by atoms with E-state index in [-0.39, 0.29) is 0 Å². The van der Waals surface area contributed by atoms with E-state index in [0.717, 1.165) is 17.6 Å². The van der Waals surface area contributed by atoms with Gasteiger partial charge in [-0.1, -0.05) is 22.0 Å². The Kier molecular flexibility index (Phi) is 4.06. The molecule has 1 saturated heterocycles. The second-order valence-electron chi connectivity index (χ2n) is 4.75. The lowest BCUT2D eigenvalue weighted by Crippen LogP contribution is -2.35. The summed E-state index contributed by atoms with van der Waals surface area (Å²) in [5.41, 5.74) is 2.53. The van der Waals surface area contributed by atoms with E-state index in [1.54, 1.807) is 0 Å². The van der Waals surface area contributed by atoms with Crippen molar-refractivity contribution >= 4 is 21.6 Å². The summed E-state index contributed by atoms with van der Waals surface area (Å²) < 4.78 is 1.16. The Bertz CT molecular complexity index is 436. The van der Waals surface area contributed by atoms with Gasteiger partial charge in [0.2, 0.25) is 0 Å². The molecular formula is C14H17BrN2. The minimum absolute atomic E-state index is 0.536. The van der Waals surface area contributed by atoms with Crippen LogP contribution in [-0.4, -0.2) is 13.1 Å². The van der Waals surface area contributed by atoms with E-state index in [0.29, 0.717) is 12.3 Å². The minimum atomic E-state index is 0.536. The van der Waals surface area contributed by atoms with Gasteiger partial charge < -0.3 is 4.90 Å². The van der Waals surface area contributed by atoms with Crippen LogP contribution >= 0.6 is 15.9 Å². The fraction of sp³-hybridized carbons (Fsp3) is 0.500. The normalized spacial score (nSPS) is 20.1. The maximum atomic E-state index is 8.78. The second-order valence-corrected chi connectivity index (χ2v) is 5.60. The highest BCUT2D eigenvalue weighted by Gasteiger charge is 2.20. The molecule has 3 heteroatoms. The van der Waals surface area contributed by atoms with Crippen molar-refractivity contribution in [2.75, 3.05) is 18.0 Å². The number of nitrogens with zero attached hydrogens (tertiary/aromatic N) is 2. The molecule has 0 saturated carbocycles.